The Morgan fingerprint density at radius 2 is 2.22 bits per heavy atom. The van der Waals surface area contributed by atoms with Crippen LogP contribution in [0.1, 0.15) is 17.5 Å². The van der Waals surface area contributed by atoms with E-state index in [-0.39, 0.29) is 12.5 Å². The summed E-state index contributed by atoms with van der Waals surface area (Å²) in [5.41, 5.74) is 1.84. The topological polar surface area (TPSA) is 67.4 Å². The average Bonchev–Trinajstić information content (AvgIpc) is 2.89. The zero-order chi connectivity index (χ0) is 16.8. The number of carbonyl (C=O) groups excluding carboxylic acids is 1. The lowest BCUT2D eigenvalue weighted by Gasteiger charge is -2.15. The van der Waals surface area contributed by atoms with E-state index in [1.807, 2.05) is 44.0 Å². The highest BCUT2D eigenvalue weighted by Crippen LogP contribution is 2.20. The van der Waals surface area contributed by atoms with Crippen molar-refractivity contribution < 1.29 is 9.53 Å². The normalized spacial score (nSPS) is 10.8. The van der Waals surface area contributed by atoms with Gasteiger partial charge in [-0.2, -0.15) is 0 Å². The zero-order valence-corrected chi connectivity index (χ0v) is 15.7. The summed E-state index contributed by atoms with van der Waals surface area (Å²) < 4.78 is 6.29. The van der Waals surface area contributed by atoms with Crippen molar-refractivity contribution in [2.75, 3.05) is 25.5 Å². The molecule has 0 fully saturated rings. The van der Waals surface area contributed by atoms with Crippen LogP contribution >= 0.6 is 27.3 Å². The molecule has 1 amide bonds. The largest absolute Gasteiger partial charge is 0.469 e. The summed E-state index contributed by atoms with van der Waals surface area (Å²) in [4.78, 5) is 14.0. The molecule has 23 heavy (non-hydrogen) atoms. The molecule has 1 N–H and O–H groups in total. The zero-order valence-electron chi connectivity index (χ0n) is 13.3. The van der Waals surface area contributed by atoms with E-state index in [4.69, 9.17) is 4.74 Å². The van der Waals surface area contributed by atoms with Crippen LogP contribution in [0.4, 0.5) is 5.69 Å². The minimum absolute atomic E-state index is 0.0625. The van der Waals surface area contributed by atoms with Gasteiger partial charge in [-0.25, -0.2) is 0 Å². The smallest absolute Gasteiger partial charge is 0.294 e. The molecule has 6 nitrogen and oxygen atoms in total. The van der Waals surface area contributed by atoms with E-state index in [9.17, 15) is 4.79 Å². The van der Waals surface area contributed by atoms with E-state index < -0.39 is 0 Å². The maximum atomic E-state index is 12.1. The van der Waals surface area contributed by atoms with Crippen LogP contribution in [0.3, 0.4) is 0 Å². The Morgan fingerprint density at radius 3 is 2.91 bits per heavy atom. The molecule has 0 spiro atoms. The van der Waals surface area contributed by atoms with E-state index in [1.54, 1.807) is 0 Å². The van der Waals surface area contributed by atoms with Gasteiger partial charge in [-0.1, -0.05) is 27.3 Å². The highest BCUT2D eigenvalue weighted by atomic mass is 79.9. The molecule has 0 saturated carbocycles. The van der Waals surface area contributed by atoms with Crippen LogP contribution in [0.25, 0.3) is 0 Å². The number of rotatable bonds is 7. The lowest BCUT2D eigenvalue weighted by Crippen LogP contribution is -2.30. The van der Waals surface area contributed by atoms with Crippen molar-refractivity contribution in [3.05, 3.63) is 33.2 Å². The SMILES string of the molecule is CCOc1nnc(CN(C)CC(=O)Nc2ccc(Br)cc2C)s1. The summed E-state index contributed by atoms with van der Waals surface area (Å²) in [6.07, 6.45) is 0. The van der Waals surface area contributed by atoms with E-state index in [2.05, 4.69) is 31.4 Å². The molecule has 0 aliphatic carbocycles. The summed E-state index contributed by atoms with van der Waals surface area (Å²) in [5, 5.41) is 12.3. The van der Waals surface area contributed by atoms with E-state index in [1.165, 1.54) is 11.3 Å². The standard InChI is InChI=1S/C15H19BrN4O2S/c1-4-22-15-19-18-14(23-15)9-20(3)8-13(21)17-12-6-5-11(16)7-10(12)2/h5-7H,4,8-9H2,1-3H3,(H,17,21). The molecule has 0 aliphatic rings. The number of anilines is 1. The van der Waals surface area contributed by atoms with Gasteiger partial charge in [-0.3, -0.25) is 9.69 Å². The Hall–Kier alpha value is -1.51. The molecule has 2 rings (SSSR count). The highest BCUT2D eigenvalue weighted by Gasteiger charge is 2.12. The molecular formula is C15H19BrN4O2S. The number of nitrogens with zero attached hydrogens (tertiary/aromatic N) is 3. The maximum absolute atomic E-state index is 12.1. The second kappa shape index (κ2) is 8.37. The molecule has 0 aliphatic heterocycles. The van der Waals surface area contributed by atoms with Crippen molar-refractivity contribution in [2.45, 2.75) is 20.4 Å². The van der Waals surface area contributed by atoms with Gasteiger partial charge in [0, 0.05) is 10.2 Å². The molecule has 1 heterocycles. The molecule has 8 heteroatoms. The van der Waals surface area contributed by atoms with Gasteiger partial charge < -0.3 is 10.1 Å². The average molecular weight is 399 g/mol. The molecule has 1 aromatic carbocycles. The van der Waals surface area contributed by atoms with Gasteiger partial charge in [-0.15, -0.1) is 10.2 Å². The van der Waals surface area contributed by atoms with Crippen molar-refractivity contribution >= 4 is 38.9 Å². The first-order valence-corrected chi connectivity index (χ1v) is 8.78. The fourth-order valence-electron chi connectivity index (χ4n) is 1.97. The van der Waals surface area contributed by atoms with E-state index >= 15 is 0 Å². The van der Waals surface area contributed by atoms with Crippen LogP contribution in [-0.4, -0.2) is 41.2 Å². The molecule has 0 saturated heterocycles. The lowest BCUT2D eigenvalue weighted by atomic mass is 10.2. The molecule has 1 aromatic heterocycles. The number of halogens is 1. The molecule has 0 radical (unpaired) electrons. The highest BCUT2D eigenvalue weighted by molar-refractivity contribution is 9.10. The van der Waals surface area contributed by atoms with Crippen molar-refractivity contribution in [1.82, 2.24) is 15.1 Å². The molecule has 124 valence electrons. The minimum Gasteiger partial charge on any atom is -0.469 e. The predicted octanol–water partition coefficient (Wildman–Crippen LogP) is 3.08. The van der Waals surface area contributed by atoms with Crippen molar-refractivity contribution in [3.8, 4) is 5.19 Å². The number of aryl methyl sites for hydroxylation is 1. The van der Waals surface area contributed by atoms with Crippen LogP contribution in [-0.2, 0) is 11.3 Å². The summed E-state index contributed by atoms with van der Waals surface area (Å²) in [5.74, 6) is -0.0625. The van der Waals surface area contributed by atoms with Crippen molar-refractivity contribution in [1.29, 1.82) is 0 Å². The summed E-state index contributed by atoms with van der Waals surface area (Å²) in [6, 6.07) is 5.76. The van der Waals surface area contributed by atoms with Gasteiger partial charge in [0.1, 0.15) is 5.01 Å². The van der Waals surface area contributed by atoms with Gasteiger partial charge in [0.25, 0.3) is 5.19 Å². The molecule has 0 unspecified atom stereocenters. The number of aromatic nitrogens is 2. The second-order valence-electron chi connectivity index (χ2n) is 5.07. The first kappa shape index (κ1) is 17.8. The Balaban J connectivity index is 1.86. The third-order valence-electron chi connectivity index (χ3n) is 3.00. The van der Waals surface area contributed by atoms with Crippen LogP contribution < -0.4 is 10.1 Å². The number of nitrogens with one attached hydrogen (secondary N) is 1. The number of carbonyl (C=O) groups is 1. The number of amides is 1. The van der Waals surface area contributed by atoms with Crippen molar-refractivity contribution in [2.24, 2.45) is 0 Å². The number of benzene rings is 1. The van der Waals surface area contributed by atoms with Gasteiger partial charge in [0.05, 0.1) is 19.7 Å². The van der Waals surface area contributed by atoms with Crippen LogP contribution in [0.5, 0.6) is 5.19 Å². The van der Waals surface area contributed by atoms with E-state index in [0.717, 1.165) is 20.7 Å². The Morgan fingerprint density at radius 1 is 1.43 bits per heavy atom. The third kappa shape index (κ3) is 5.56. The van der Waals surface area contributed by atoms with Crippen LogP contribution in [0.2, 0.25) is 0 Å². The molecule has 2 aromatic rings. The fraction of sp³-hybridized carbons (Fsp3) is 0.400. The monoisotopic (exact) mass is 398 g/mol. The number of hydrogen-bond donors (Lipinski definition) is 1. The third-order valence-corrected chi connectivity index (χ3v) is 4.31. The number of likely N-dealkylation sites (N-methyl/N-ethyl adjacent to an activating group) is 1. The summed E-state index contributed by atoms with van der Waals surface area (Å²) in [6.45, 7) is 5.26. The first-order chi connectivity index (χ1) is 11.0. The minimum atomic E-state index is -0.0625. The number of ether oxygens (including phenoxy) is 1. The van der Waals surface area contributed by atoms with Crippen LogP contribution in [0, 0.1) is 6.92 Å². The van der Waals surface area contributed by atoms with Crippen LogP contribution in [0.15, 0.2) is 22.7 Å². The number of hydrogen-bond acceptors (Lipinski definition) is 6. The Labute approximate surface area is 148 Å². The predicted molar refractivity (Wildman–Crippen MR) is 94.9 cm³/mol. The molecule has 0 atom stereocenters. The van der Waals surface area contributed by atoms with Gasteiger partial charge in [-0.05, 0) is 44.7 Å². The van der Waals surface area contributed by atoms with Gasteiger partial charge in [0.15, 0.2) is 0 Å². The maximum Gasteiger partial charge on any atom is 0.294 e. The van der Waals surface area contributed by atoms with Crippen molar-refractivity contribution in [3.63, 3.8) is 0 Å². The molecule has 0 bridgehead atoms. The molecular weight excluding hydrogens is 380 g/mol. The summed E-state index contributed by atoms with van der Waals surface area (Å²) in [7, 11) is 1.87. The summed E-state index contributed by atoms with van der Waals surface area (Å²) >= 11 is 4.81. The first-order valence-electron chi connectivity index (χ1n) is 7.17. The lowest BCUT2D eigenvalue weighted by molar-refractivity contribution is -0.117. The fourth-order valence-corrected chi connectivity index (χ4v) is 3.28. The van der Waals surface area contributed by atoms with Gasteiger partial charge in [0.2, 0.25) is 5.91 Å². The van der Waals surface area contributed by atoms with E-state index in [0.29, 0.717) is 18.3 Å². The van der Waals surface area contributed by atoms with Gasteiger partial charge >= 0.3 is 0 Å². The quantitative estimate of drug-likeness (QED) is 0.775. The Kier molecular flexibility index (Phi) is 6.49. The Bertz CT molecular complexity index is 677. The second-order valence-corrected chi connectivity index (χ2v) is 7.01.